The van der Waals surface area contributed by atoms with Crippen LogP contribution in [0.3, 0.4) is 0 Å². The van der Waals surface area contributed by atoms with Gasteiger partial charge in [-0.15, -0.1) is 11.6 Å². The first-order valence-electron chi connectivity index (χ1n) is 11.1. The van der Waals surface area contributed by atoms with Gasteiger partial charge in [0.15, 0.2) is 8.32 Å². The van der Waals surface area contributed by atoms with Gasteiger partial charge in [0, 0.05) is 11.6 Å². The maximum Gasteiger partial charge on any atom is 0.415 e. The van der Waals surface area contributed by atoms with Gasteiger partial charge >= 0.3 is 6.09 Å². The van der Waals surface area contributed by atoms with Crippen LogP contribution in [0.15, 0.2) is 48.5 Å². The molecule has 2 rings (SSSR count). The van der Waals surface area contributed by atoms with Gasteiger partial charge in [-0.25, -0.2) is 4.79 Å². The van der Waals surface area contributed by atoms with Crippen molar-refractivity contribution in [2.75, 3.05) is 4.90 Å². The molecule has 0 heterocycles. The van der Waals surface area contributed by atoms with Crippen molar-refractivity contribution in [2.24, 2.45) is 0 Å². The maximum atomic E-state index is 13.1. The van der Waals surface area contributed by atoms with Gasteiger partial charge < -0.3 is 9.16 Å². The lowest BCUT2D eigenvalue weighted by molar-refractivity contribution is 0.0577. The molecule has 0 atom stereocenters. The van der Waals surface area contributed by atoms with Crippen molar-refractivity contribution in [3.05, 3.63) is 65.2 Å². The van der Waals surface area contributed by atoms with Crippen LogP contribution in [-0.2, 0) is 28.2 Å². The molecule has 0 aliphatic rings. The maximum absolute atomic E-state index is 13.1. The van der Waals surface area contributed by atoms with Crippen LogP contribution in [0.25, 0.3) is 0 Å². The summed E-state index contributed by atoms with van der Waals surface area (Å²) in [6, 6.07) is 15.9. The molecule has 32 heavy (non-hydrogen) atoms. The lowest BCUT2D eigenvalue weighted by Gasteiger charge is -2.36. The summed E-state index contributed by atoms with van der Waals surface area (Å²) in [6.07, 6.45) is -0.378. The summed E-state index contributed by atoms with van der Waals surface area (Å²) in [5.41, 5.74) is 3.25. The quantitative estimate of drug-likeness (QED) is 0.302. The zero-order chi connectivity index (χ0) is 24.2. The number of carbonyl (C=O) groups excluding carboxylic acids is 1. The second-order valence-electron chi connectivity index (χ2n) is 10.7. The predicted octanol–water partition coefficient (Wildman–Crippen LogP) is 7.89. The minimum Gasteiger partial charge on any atom is -0.443 e. The first-order chi connectivity index (χ1) is 14.7. The van der Waals surface area contributed by atoms with Crippen LogP contribution >= 0.6 is 11.6 Å². The van der Waals surface area contributed by atoms with Crippen LogP contribution in [0, 0.1) is 0 Å². The number of benzene rings is 2. The lowest BCUT2D eigenvalue weighted by Crippen LogP contribution is -2.40. The number of halogens is 1. The van der Waals surface area contributed by atoms with Gasteiger partial charge in [0.2, 0.25) is 0 Å². The monoisotopic (exact) mass is 475 g/mol. The number of amides is 1. The molecule has 176 valence electrons. The highest BCUT2D eigenvalue weighted by Gasteiger charge is 2.37. The fraction of sp³-hybridized carbons (Fsp3) is 0.500. The van der Waals surface area contributed by atoms with Crippen molar-refractivity contribution in [2.45, 2.75) is 84.3 Å². The second kappa shape index (κ2) is 10.4. The standard InChI is InChI=1S/C26H38ClNO3Si/c1-25(2,3)31-24(29)28(18-21-12-9-11-20(15-21)17-27)23-14-10-13-22(16-23)19-30-32(7,8)26(4,5)6/h9-16H,17-19H2,1-8H3. The first-order valence-corrected chi connectivity index (χ1v) is 14.5. The molecule has 4 nitrogen and oxygen atoms in total. The van der Waals surface area contributed by atoms with Gasteiger partial charge in [0.1, 0.15) is 5.60 Å². The number of anilines is 1. The third kappa shape index (κ3) is 7.64. The van der Waals surface area contributed by atoms with Crippen molar-refractivity contribution in [1.82, 2.24) is 0 Å². The molecule has 0 aliphatic heterocycles. The lowest BCUT2D eigenvalue weighted by atomic mass is 10.1. The average molecular weight is 476 g/mol. The van der Waals surface area contributed by atoms with Crippen LogP contribution in [0.2, 0.25) is 18.1 Å². The van der Waals surface area contributed by atoms with Gasteiger partial charge in [-0.05, 0) is 67.7 Å². The number of hydrogen-bond acceptors (Lipinski definition) is 3. The molecular weight excluding hydrogens is 438 g/mol. The Labute approximate surface area is 200 Å². The Hall–Kier alpha value is -1.82. The molecule has 0 saturated heterocycles. The molecule has 0 aliphatic carbocycles. The molecular formula is C26H38ClNO3Si. The molecule has 2 aromatic rings. The summed E-state index contributed by atoms with van der Waals surface area (Å²) in [6.45, 7) is 17.7. The van der Waals surface area contributed by atoms with Gasteiger partial charge in [0.05, 0.1) is 13.2 Å². The molecule has 0 radical (unpaired) electrons. The van der Waals surface area contributed by atoms with E-state index in [-0.39, 0.29) is 11.1 Å². The zero-order valence-corrected chi connectivity index (χ0v) is 22.5. The van der Waals surface area contributed by atoms with Crippen molar-refractivity contribution in [3.8, 4) is 0 Å². The molecule has 0 unspecified atom stereocenters. The van der Waals surface area contributed by atoms with Gasteiger partial charge in [-0.3, -0.25) is 4.90 Å². The van der Waals surface area contributed by atoms with Gasteiger partial charge in [0.25, 0.3) is 0 Å². The van der Waals surface area contributed by atoms with Crippen LogP contribution in [0.5, 0.6) is 0 Å². The number of carbonyl (C=O) groups is 1. The van der Waals surface area contributed by atoms with E-state index in [2.05, 4.69) is 33.9 Å². The molecule has 0 spiro atoms. The molecule has 0 N–H and O–H groups in total. The third-order valence-corrected chi connectivity index (χ3v) is 10.5. The van der Waals surface area contributed by atoms with Crippen LogP contribution in [-0.4, -0.2) is 20.0 Å². The van der Waals surface area contributed by atoms with Crippen molar-refractivity contribution >= 4 is 31.7 Å². The van der Waals surface area contributed by atoms with E-state index in [0.29, 0.717) is 19.0 Å². The van der Waals surface area contributed by atoms with Crippen molar-refractivity contribution in [1.29, 1.82) is 0 Å². The molecule has 2 aromatic carbocycles. The highest BCUT2D eigenvalue weighted by molar-refractivity contribution is 6.74. The SMILES string of the molecule is CC(C)(C)OC(=O)N(Cc1cccc(CCl)c1)c1cccc(CO[Si](C)(C)C(C)(C)C)c1. The molecule has 0 saturated carbocycles. The van der Waals surface area contributed by atoms with E-state index >= 15 is 0 Å². The molecule has 1 amide bonds. The second-order valence-corrected chi connectivity index (χ2v) is 15.8. The number of ether oxygens (including phenoxy) is 1. The van der Waals surface area contributed by atoms with E-state index in [4.69, 9.17) is 20.8 Å². The fourth-order valence-corrected chi connectivity index (χ4v) is 3.99. The zero-order valence-electron chi connectivity index (χ0n) is 20.8. The normalized spacial score (nSPS) is 12.5. The van der Waals surface area contributed by atoms with E-state index in [9.17, 15) is 4.79 Å². The average Bonchev–Trinajstić information content (AvgIpc) is 2.68. The highest BCUT2D eigenvalue weighted by atomic mass is 35.5. The molecule has 0 fully saturated rings. The summed E-state index contributed by atoms with van der Waals surface area (Å²) in [7, 11) is -1.88. The number of alkyl halides is 1. The van der Waals surface area contributed by atoms with E-state index in [0.717, 1.165) is 22.4 Å². The number of rotatable bonds is 7. The summed E-state index contributed by atoms with van der Waals surface area (Å²) in [5, 5.41) is 0.139. The summed E-state index contributed by atoms with van der Waals surface area (Å²) >= 11 is 6.01. The Bertz CT molecular complexity index is 916. The Balaban J connectivity index is 2.32. The fourth-order valence-electron chi connectivity index (χ4n) is 2.87. The molecule has 6 heteroatoms. The summed E-state index contributed by atoms with van der Waals surface area (Å²) < 4.78 is 12.1. The Morgan fingerprint density at radius 1 is 0.938 bits per heavy atom. The minimum atomic E-state index is -1.88. The van der Waals surface area contributed by atoms with E-state index in [1.165, 1.54) is 0 Å². The third-order valence-electron chi connectivity index (χ3n) is 5.73. The van der Waals surface area contributed by atoms with E-state index in [1.54, 1.807) is 4.90 Å². The van der Waals surface area contributed by atoms with Gasteiger partial charge in [-0.1, -0.05) is 57.2 Å². The largest absolute Gasteiger partial charge is 0.443 e. The topological polar surface area (TPSA) is 38.8 Å². The highest BCUT2D eigenvalue weighted by Crippen LogP contribution is 2.37. The molecule has 0 bridgehead atoms. The van der Waals surface area contributed by atoms with Crippen LogP contribution < -0.4 is 4.90 Å². The van der Waals surface area contributed by atoms with E-state index in [1.807, 2.05) is 69.3 Å². The Kier molecular flexibility index (Phi) is 8.60. The Morgan fingerprint density at radius 2 is 1.53 bits per heavy atom. The first kappa shape index (κ1) is 26.4. The van der Waals surface area contributed by atoms with E-state index < -0.39 is 13.9 Å². The summed E-state index contributed by atoms with van der Waals surface area (Å²) in [5.74, 6) is 0.431. The van der Waals surface area contributed by atoms with Crippen LogP contribution in [0.1, 0.15) is 58.2 Å². The number of nitrogens with zero attached hydrogens (tertiary/aromatic N) is 1. The van der Waals surface area contributed by atoms with Gasteiger partial charge in [-0.2, -0.15) is 0 Å². The van der Waals surface area contributed by atoms with Crippen molar-refractivity contribution in [3.63, 3.8) is 0 Å². The Morgan fingerprint density at radius 3 is 2.12 bits per heavy atom. The number of hydrogen-bond donors (Lipinski definition) is 0. The molecule has 0 aromatic heterocycles. The minimum absolute atomic E-state index is 0.139. The van der Waals surface area contributed by atoms with Crippen LogP contribution in [0.4, 0.5) is 10.5 Å². The smallest absolute Gasteiger partial charge is 0.415 e. The van der Waals surface area contributed by atoms with Crippen molar-refractivity contribution < 1.29 is 14.0 Å². The summed E-state index contributed by atoms with van der Waals surface area (Å²) in [4.78, 5) is 14.8. The predicted molar refractivity (Wildman–Crippen MR) is 137 cm³/mol.